The number of hydrazone groups is 1. The van der Waals surface area contributed by atoms with E-state index >= 15 is 0 Å². The van der Waals surface area contributed by atoms with Gasteiger partial charge < -0.3 is 31.3 Å². The van der Waals surface area contributed by atoms with Crippen molar-refractivity contribution in [1.82, 2.24) is 5.32 Å². The number of rotatable bonds is 10. The third kappa shape index (κ3) is 9.20. The van der Waals surface area contributed by atoms with E-state index < -0.39 is 0 Å². The molecule has 1 atom stereocenters. The average Bonchev–Trinajstić information content (AvgIpc) is 3.19. The van der Waals surface area contributed by atoms with Gasteiger partial charge >= 0.3 is 0 Å². The van der Waals surface area contributed by atoms with Crippen molar-refractivity contribution in [3.05, 3.63) is 78.1 Å². The molecule has 0 amide bonds. The van der Waals surface area contributed by atoms with Gasteiger partial charge in [0.25, 0.3) is 0 Å². The molecule has 0 spiro atoms. The summed E-state index contributed by atoms with van der Waals surface area (Å²) in [5.41, 5.74) is 9.74. The van der Waals surface area contributed by atoms with Crippen LogP contribution in [0.5, 0.6) is 0 Å². The monoisotopic (exact) mass is 440 g/mol. The number of anilines is 1. The van der Waals surface area contributed by atoms with Gasteiger partial charge in [-0.2, -0.15) is 5.10 Å². The van der Waals surface area contributed by atoms with E-state index in [0.29, 0.717) is 0 Å². The van der Waals surface area contributed by atoms with E-state index in [4.69, 9.17) is 21.1 Å². The van der Waals surface area contributed by atoms with Crippen molar-refractivity contribution in [3.63, 3.8) is 0 Å². The molecular weight excluding hydrogens is 404 g/mol. The van der Waals surface area contributed by atoms with Crippen molar-refractivity contribution >= 4 is 18.2 Å². The Morgan fingerprint density at radius 1 is 1.38 bits per heavy atom. The van der Waals surface area contributed by atoms with E-state index in [1.807, 2.05) is 43.5 Å². The number of hydrogen-bond donors (Lipinski definition) is 3. The molecule has 0 radical (unpaired) electrons. The normalized spacial score (nSPS) is 18.0. The van der Waals surface area contributed by atoms with Crippen LogP contribution in [0, 0.1) is 0 Å². The molecule has 2 rings (SSSR count). The molecule has 8 nitrogen and oxygen atoms in total. The molecule has 0 bridgehead atoms. The quantitative estimate of drug-likeness (QED) is 0.0981. The lowest BCUT2D eigenvalue weighted by Crippen LogP contribution is -2.29. The summed E-state index contributed by atoms with van der Waals surface area (Å²) in [7, 11) is 5.21. The standard InChI is InChI=1S/C20H25N5O.C4H11NO/c1-3-5-16(9-11-26-2)12-18-8-10-25(20(18)23-15-21)19-7-4-6-17(13-19)14-24-22;1-5-3-4-6-2/h3-7,9,11-15,20H,1,8,10,22H2,2H3,(H2,21,23);5H,3-4H2,1-2H3/b11-9+,16-5+,18-12+,24-14-;. The van der Waals surface area contributed by atoms with Gasteiger partial charge in [-0.1, -0.05) is 36.9 Å². The maximum Gasteiger partial charge on any atom is 0.145 e. The van der Waals surface area contributed by atoms with E-state index in [2.05, 4.69) is 33.0 Å². The highest BCUT2D eigenvalue weighted by atomic mass is 16.5. The van der Waals surface area contributed by atoms with Gasteiger partial charge in [0.1, 0.15) is 6.17 Å². The van der Waals surface area contributed by atoms with Gasteiger partial charge in [0.05, 0.1) is 32.5 Å². The Kier molecular flexibility index (Phi) is 13.6. The van der Waals surface area contributed by atoms with Crippen LogP contribution in [-0.4, -0.2) is 59.7 Å². The van der Waals surface area contributed by atoms with Crippen LogP contribution < -0.4 is 21.8 Å². The summed E-state index contributed by atoms with van der Waals surface area (Å²) < 4.78 is 9.74. The molecule has 8 heteroatoms. The molecule has 0 saturated carbocycles. The van der Waals surface area contributed by atoms with Gasteiger partial charge in [-0.3, -0.25) is 0 Å². The van der Waals surface area contributed by atoms with Crippen molar-refractivity contribution < 1.29 is 9.47 Å². The van der Waals surface area contributed by atoms with E-state index in [1.165, 1.54) is 11.9 Å². The Bertz CT molecular complexity index is 826. The number of nitrogens with one attached hydrogen (secondary N) is 1. The van der Waals surface area contributed by atoms with Gasteiger partial charge in [-0.05, 0) is 48.4 Å². The zero-order valence-corrected chi connectivity index (χ0v) is 19.3. The van der Waals surface area contributed by atoms with Gasteiger partial charge in [0, 0.05) is 25.9 Å². The number of likely N-dealkylation sites (N-methyl/N-ethyl adjacent to an activating group) is 1. The summed E-state index contributed by atoms with van der Waals surface area (Å²) in [5, 5.41) is 6.54. The summed E-state index contributed by atoms with van der Waals surface area (Å²) in [6, 6.07) is 8.00. The lowest BCUT2D eigenvalue weighted by atomic mass is 10.1. The summed E-state index contributed by atoms with van der Waals surface area (Å²) in [4.78, 5) is 6.68. The maximum absolute atomic E-state index is 5.61. The summed E-state index contributed by atoms with van der Waals surface area (Å²) in [6.07, 6.45) is 13.0. The van der Waals surface area contributed by atoms with Crippen molar-refractivity contribution in [2.45, 2.75) is 12.6 Å². The van der Waals surface area contributed by atoms with Crippen LogP contribution >= 0.6 is 0 Å². The number of benzene rings is 1. The summed E-state index contributed by atoms with van der Waals surface area (Å²) in [6.45, 7) is 6.35. The second kappa shape index (κ2) is 16.3. The van der Waals surface area contributed by atoms with Gasteiger partial charge in [-0.25, -0.2) is 4.99 Å². The van der Waals surface area contributed by atoms with E-state index in [-0.39, 0.29) is 6.17 Å². The largest absolute Gasteiger partial charge is 0.504 e. The molecule has 1 aromatic rings. The lowest BCUT2D eigenvalue weighted by molar-refractivity contribution is 0.201. The van der Waals surface area contributed by atoms with Crippen LogP contribution in [0.4, 0.5) is 5.69 Å². The fourth-order valence-electron chi connectivity index (χ4n) is 3.10. The average molecular weight is 441 g/mol. The first-order valence-corrected chi connectivity index (χ1v) is 10.3. The number of nitrogens with zero attached hydrogens (tertiary/aromatic N) is 3. The number of nitrogens with two attached hydrogens (primary N) is 2. The summed E-state index contributed by atoms with van der Waals surface area (Å²) in [5.74, 6) is 5.26. The fourth-order valence-corrected chi connectivity index (χ4v) is 3.10. The van der Waals surface area contributed by atoms with Crippen LogP contribution in [-0.2, 0) is 9.47 Å². The van der Waals surface area contributed by atoms with Crippen molar-refractivity contribution in [2.24, 2.45) is 21.7 Å². The first-order chi connectivity index (χ1) is 15.6. The zero-order chi connectivity index (χ0) is 23.6. The van der Waals surface area contributed by atoms with E-state index in [1.54, 1.807) is 32.8 Å². The molecule has 1 saturated heterocycles. The van der Waals surface area contributed by atoms with Crippen LogP contribution in [0.25, 0.3) is 0 Å². The smallest absolute Gasteiger partial charge is 0.145 e. The fraction of sp³-hybridized carbons (Fsp3) is 0.333. The highest BCUT2D eigenvalue weighted by Crippen LogP contribution is 2.31. The maximum atomic E-state index is 5.61. The predicted molar refractivity (Wildman–Crippen MR) is 135 cm³/mol. The Balaban J connectivity index is 0.000000751. The van der Waals surface area contributed by atoms with E-state index in [9.17, 15) is 0 Å². The molecule has 1 aromatic carbocycles. The van der Waals surface area contributed by atoms with Crippen LogP contribution in [0.15, 0.2) is 82.7 Å². The lowest BCUT2D eigenvalue weighted by Gasteiger charge is -2.24. The second-order valence-electron chi connectivity index (χ2n) is 6.74. The number of methoxy groups -OCH3 is 2. The molecule has 1 heterocycles. The Labute approximate surface area is 191 Å². The molecule has 0 aliphatic carbocycles. The molecule has 1 aliphatic heterocycles. The number of aliphatic imine (C=N–C) groups is 1. The molecule has 32 heavy (non-hydrogen) atoms. The summed E-state index contributed by atoms with van der Waals surface area (Å²) >= 11 is 0. The van der Waals surface area contributed by atoms with Crippen molar-refractivity contribution in [2.75, 3.05) is 45.9 Å². The van der Waals surface area contributed by atoms with Crippen molar-refractivity contribution in [1.29, 1.82) is 0 Å². The third-order valence-corrected chi connectivity index (χ3v) is 4.54. The Morgan fingerprint density at radius 2 is 2.19 bits per heavy atom. The highest BCUT2D eigenvalue weighted by molar-refractivity contribution is 5.81. The molecule has 174 valence electrons. The van der Waals surface area contributed by atoms with Crippen LogP contribution in [0.3, 0.4) is 0 Å². The molecule has 0 aromatic heterocycles. The molecule has 1 aliphatic rings. The minimum atomic E-state index is -0.158. The van der Waals surface area contributed by atoms with Crippen molar-refractivity contribution in [3.8, 4) is 0 Å². The highest BCUT2D eigenvalue weighted by Gasteiger charge is 2.28. The van der Waals surface area contributed by atoms with Crippen LogP contribution in [0.1, 0.15) is 12.0 Å². The molecule has 1 fully saturated rings. The topological polar surface area (TPSA) is 110 Å². The molecular formula is C24H36N6O2. The van der Waals surface area contributed by atoms with Gasteiger partial charge in [0.15, 0.2) is 0 Å². The van der Waals surface area contributed by atoms with E-state index in [0.717, 1.165) is 42.9 Å². The Morgan fingerprint density at radius 3 is 2.78 bits per heavy atom. The number of allylic oxidation sites excluding steroid dienone is 5. The molecule has 1 unspecified atom stereocenters. The first kappa shape index (κ1) is 26.7. The molecule has 5 N–H and O–H groups in total. The first-order valence-electron chi connectivity index (χ1n) is 10.3. The Hall–Kier alpha value is -3.36. The SMILES string of the molecule is C=C/C=C(\C=C\OC)/C=C1\CCN(c2cccc(/C=N\N)c2)C1N=CN.CNCCOC. The van der Waals surface area contributed by atoms with Gasteiger partial charge in [-0.15, -0.1) is 0 Å². The van der Waals surface area contributed by atoms with Crippen LogP contribution in [0.2, 0.25) is 0 Å². The minimum Gasteiger partial charge on any atom is -0.504 e. The number of ether oxygens (including phenoxy) is 2. The number of hydrogen-bond acceptors (Lipinski definition) is 7. The zero-order valence-electron chi connectivity index (χ0n) is 19.3. The predicted octanol–water partition coefficient (Wildman–Crippen LogP) is 2.55. The minimum absolute atomic E-state index is 0.158. The second-order valence-corrected chi connectivity index (χ2v) is 6.74. The van der Waals surface area contributed by atoms with Gasteiger partial charge in [0.2, 0.25) is 0 Å². The third-order valence-electron chi connectivity index (χ3n) is 4.54.